The van der Waals surface area contributed by atoms with E-state index in [0.29, 0.717) is 0 Å². The van der Waals surface area contributed by atoms with Gasteiger partial charge >= 0.3 is 0 Å². The molecule has 0 rings (SSSR count). The summed E-state index contributed by atoms with van der Waals surface area (Å²) < 4.78 is 2.40. The summed E-state index contributed by atoms with van der Waals surface area (Å²) in [4.78, 5) is 0. The highest BCUT2D eigenvalue weighted by Gasteiger charge is 2.22. The van der Waals surface area contributed by atoms with Gasteiger partial charge < -0.3 is 56.9 Å². The lowest BCUT2D eigenvalue weighted by molar-refractivity contribution is -0.946. The highest BCUT2D eigenvalue weighted by Crippen LogP contribution is 2.11. The Balaban J connectivity index is -0.00000264. The van der Waals surface area contributed by atoms with Crippen molar-refractivity contribution in [1.82, 2.24) is 0 Å². The van der Waals surface area contributed by atoms with Crippen LogP contribution in [-0.2, 0) is 0 Å². The van der Waals surface area contributed by atoms with Gasteiger partial charge in [-0.1, -0.05) is 65.2 Å². The molecule has 0 amide bonds. The maximum absolute atomic E-state index is 2.43. The molecule has 162 valence electrons. The van der Waals surface area contributed by atoms with Crippen LogP contribution in [0.3, 0.4) is 0 Å². The molecule has 2 nitrogen and oxygen atoms in total. The maximum Gasteiger partial charge on any atom is 0.128 e. The van der Waals surface area contributed by atoms with Crippen molar-refractivity contribution in [3.8, 4) is 0 Å². The third-order valence-corrected chi connectivity index (χ3v) is 5.54. The van der Waals surface area contributed by atoms with Gasteiger partial charge in [0.1, 0.15) is 13.1 Å². The van der Waals surface area contributed by atoms with Gasteiger partial charge in [0.05, 0.1) is 41.3 Å². The van der Waals surface area contributed by atoms with E-state index < -0.39 is 0 Å². The maximum atomic E-state index is 2.43. The fourth-order valence-electron chi connectivity index (χ4n) is 3.41. The highest BCUT2D eigenvalue weighted by atomic mass is 127. The Kier molecular flexibility index (Phi) is 24.3. The average molecular weight is 596 g/mol. The Morgan fingerprint density at radius 1 is 0.385 bits per heavy atom. The zero-order chi connectivity index (χ0) is 18.3. The van der Waals surface area contributed by atoms with Gasteiger partial charge in [0.2, 0.25) is 0 Å². The van der Waals surface area contributed by atoms with E-state index in [-0.39, 0.29) is 48.0 Å². The van der Waals surface area contributed by atoms with Gasteiger partial charge in [0.15, 0.2) is 0 Å². The lowest BCUT2D eigenvalue weighted by Gasteiger charge is -2.36. The summed E-state index contributed by atoms with van der Waals surface area (Å²) in [5.74, 6) is 0. The summed E-state index contributed by atoms with van der Waals surface area (Å²) in [6, 6.07) is 0. The summed E-state index contributed by atoms with van der Waals surface area (Å²) in [5, 5.41) is 0. The molecule has 26 heavy (non-hydrogen) atoms. The van der Waals surface area contributed by atoms with Crippen molar-refractivity contribution in [1.29, 1.82) is 0 Å². The van der Waals surface area contributed by atoms with Crippen LogP contribution in [0.5, 0.6) is 0 Å². The van der Waals surface area contributed by atoms with Crippen LogP contribution in [0, 0.1) is 0 Å². The van der Waals surface area contributed by atoms with Gasteiger partial charge in [0, 0.05) is 0 Å². The lowest BCUT2D eigenvalue weighted by Crippen LogP contribution is -3.00. The number of hydrogen-bond donors (Lipinski definition) is 0. The molecule has 0 spiro atoms. The molecular weight excluding hydrogens is 546 g/mol. The fraction of sp³-hybridized carbons (Fsp3) is 1.00. The Labute approximate surface area is 201 Å². The Bertz CT molecular complexity index is 253. The number of rotatable bonds is 17. The molecule has 0 saturated carbocycles. The number of quaternary nitrogens is 2. The Morgan fingerprint density at radius 3 is 0.962 bits per heavy atom. The Morgan fingerprint density at radius 2 is 0.654 bits per heavy atom. The second kappa shape index (κ2) is 19.7. The van der Waals surface area contributed by atoms with Crippen LogP contribution >= 0.6 is 0 Å². The molecule has 0 aromatic carbocycles. The molecule has 0 aliphatic heterocycles. The summed E-state index contributed by atoms with van der Waals surface area (Å²) in [7, 11) is 9.71. The topological polar surface area (TPSA) is 0 Å². The molecule has 0 atom stereocenters. The van der Waals surface area contributed by atoms with Crippen molar-refractivity contribution in [3.63, 3.8) is 0 Å². The number of halogens is 2. The first-order valence-corrected chi connectivity index (χ1v) is 11.0. The number of unbranched alkanes of at least 4 members (excludes halogenated alkanes) is 10. The second-order valence-electron chi connectivity index (χ2n) is 9.30. The van der Waals surface area contributed by atoms with E-state index >= 15 is 0 Å². The molecule has 0 fully saturated rings. The molecular formula is C22H50I2N2. The van der Waals surface area contributed by atoms with Crippen molar-refractivity contribution >= 4 is 0 Å². The fourth-order valence-corrected chi connectivity index (χ4v) is 3.41. The lowest BCUT2D eigenvalue weighted by atomic mass is 10.1. The molecule has 0 heterocycles. The van der Waals surface area contributed by atoms with E-state index in [2.05, 4.69) is 42.0 Å². The van der Waals surface area contributed by atoms with Crippen molar-refractivity contribution < 1.29 is 56.9 Å². The number of likely N-dealkylation sites (N-methyl/N-ethyl adjacent to an activating group) is 2. The minimum atomic E-state index is 0. The van der Waals surface area contributed by atoms with E-state index in [1.54, 1.807) is 0 Å². The quantitative estimate of drug-likeness (QED) is 0.125. The number of hydrogen-bond acceptors (Lipinski definition) is 0. The van der Waals surface area contributed by atoms with Crippen molar-refractivity contribution in [2.75, 3.05) is 54.4 Å². The predicted molar refractivity (Wildman–Crippen MR) is 110 cm³/mol. The van der Waals surface area contributed by atoms with Crippen molar-refractivity contribution in [2.45, 2.75) is 90.9 Å². The zero-order valence-corrected chi connectivity index (χ0v) is 23.3. The SMILES string of the molecule is CCCCCCCC[N+](C)(C)CC[N+](C)(C)CCCCCCCC.[I-].[I-]. The van der Waals surface area contributed by atoms with Crippen LogP contribution in [0.4, 0.5) is 0 Å². The Hall–Kier alpha value is 1.38. The first kappa shape index (κ1) is 32.1. The number of nitrogens with zero attached hydrogens (tertiary/aromatic N) is 2. The van der Waals surface area contributed by atoms with Gasteiger partial charge in [0.25, 0.3) is 0 Å². The van der Waals surface area contributed by atoms with Crippen LogP contribution < -0.4 is 48.0 Å². The van der Waals surface area contributed by atoms with Crippen LogP contribution in [0.15, 0.2) is 0 Å². The first-order valence-electron chi connectivity index (χ1n) is 11.0. The van der Waals surface area contributed by atoms with E-state index in [1.807, 2.05) is 0 Å². The van der Waals surface area contributed by atoms with Crippen molar-refractivity contribution in [2.24, 2.45) is 0 Å². The van der Waals surface area contributed by atoms with Gasteiger partial charge in [-0.15, -0.1) is 0 Å². The van der Waals surface area contributed by atoms with E-state index in [1.165, 1.54) is 112 Å². The summed E-state index contributed by atoms with van der Waals surface area (Å²) in [6.45, 7) is 9.93. The minimum absolute atomic E-state index is 0. The van der Waals surface area contributed by atoms with Crippen LogP contribution in [0.25, 0.3) is 0 Å². The van der Waals surface area contributed by atoms with Crippen LogP contribution in [-0.4, -0.2) is 63.3 Å². The molecule has 0 bridgehead atoms. The zero-order valence-electron chi connectivity index (χ0n) is 19.0. The molecule has 0 aromatic rings. The molecule has 0 aliphatic rings. The van der Waals surface area contributed by atoms with Gasteiger partial charge in [-0.3, -0.25) is 0 Å². The van der Waals surface area contributed by atoms with Crippen LogP contribution in [0.1, 0.15) is 90.9 Å². The predicted octanol–water partition coefficient (Wildman–Crippen LogP) is -0.132. The summed E-state index contributed by atoms with van der Waals surface area (Å²) in [5.41, 5.74) is 0. The molecule has 0 saturated heterocycles. The molecule has 0 unspecified atom stereocenters. The highest BCUT2D eigenvalue weighted by molar-refractivity contribution is 4.46. The molecule has 0 aromatic heterocycles. The van der Waals surface area contributed by atoms with E-state index in [9.17, 15) is 0 Å². The first-order chi connectivity index (χ1) is 11.3. The smallest absolute Gasteiger partial charge is 0.128 e. The largest absolute Gasteiger partial charge is 1.00 e. The second-order valence-corrected chi connectivity index (χ2v) is 9.30. The standard InChI is InChI=1S/C22H50N2.2HI/c1-7-9-11-13-15-17-19-23(3,4)21-22-24(5,6)20-18-16-14-12-10-8-2;;/h7-22H2,1-6H3;2*1H/q+2;;/p-2. The normalized spacial score (nSPS) is 11.8. The van der Waals surface area contributed by atoms with Gasteiger partial charge in [-0.2, -0.15) is 0 Å². The molecule has 0 N–H and O–H groups in total. The van der Waals surface area contributed by atoms with E-state index in [0.717, 1.165) is 0 Å². The average Bonchev–Trinajstić information content (AvgIpc) is 2.52. The molecule has 0 aliphatic carbocycles. The monoisotopic (exact) mass is 596 g/mol. The molecule has 0 radical (unpaired) electrons. The third kappa shape index (κ3) is 21.7. The van der Waals surface area contributed by atoms with Gasteiger partial charge in [-0.25, -0.2) is 0 Å². The third-order valence-electron chi connectivity index (χ3n) is 5.54. The van der Waals surface area contributed by atoms with Crippen LogP contribution in [0.2, 0.25) is 0 Å². The summed E-state index contributed by atoms with van der Waals surface area (Å²) in [6.07, 6.45) is 17.0. The van der Waals surface area contributed by atoms with Gasteiger partial charge in [-0.05, 0) is 25.7 Å². The minimum Gasteiger partial charge on any atom is -1.00 e. The van der Waals surface area contributed by atoms with Crippen molar-refractivity contribution in [3.05, 3.63) is 0 Å². The summed E-state index contributed by atoms with van der Waals surface area (Å²) >= 11 is 0. The molecule has 4 heteroatoms. The van der Waals surface area contributed by atoms with E-state index in [4.69, 9.17) is 0 Å².